The molecule has 0 aliphatic rings. The third-order valence-corrected chi connectivity index (χ3v) is 1.75. The van der Waals surface area contributed by atoms with E-state index in [1.165, 1.54) is 19.4 Å². The average Bonchev–Trinajstić information content (AvgIpc) is 2.19. The molecule has 1 unspecified atom stereocenters. The molecule has 0 fully saturated rings. The number of carbonyl (C=O) groups is 2. The van der Waals surface area contributed by atoms with Crippen LogP contribution in [0, 0.1) is 0 Å². The number of aromatic nitrogens is 1. The highest BCUT2D eigenvalue weighted by atomic mass is 16.4. The number of aliphatic carboxylic acids is 1. The lowest BCUT2D eigenvalue weighted by Gasteiger charge is -2.11. The second kappa shape index (κ2) is 5.06. The lowest BCUT2D eigenvalue weighted by molar-refractivity contribution is -0.142. The zero-order chi connectivity index (χ0) is 11.3. The first-order chi connectivity index (χ1) is 7.15. The lowest BCUT2D eigenvalue weighted by atomic mass is 10.2. The fourth-order valence-electron chi connectivity index (χ4n) is 1.02. The van der Waals surface area contributed by atoms with Gasteiger partial charge in [-0.05, 0) is 19.2 Å². The van der Waals surface area contributed by atoms with Crippen LogP contribution in [0.25, 0.3) is 0 Å². The predicted molar refractivity (Wildman–Crippen MR) is 53.4 cm³/mol. The molecule has 15 heavy (non-hydrogen) atoms. The molecule has 1 aromatic rings. The zero-order valence-electron chi connectivity index (χ0n) is 8.10. The Balaban J connectivity index is 2.66. The summed E-state index contributed by atoms with van der Waals surface area (Å²) in [5.74, 6) is -1.83. The topological polar surface area (TPSA) is 91.3 Å². The monoisotopic (exact) mass is 209 g/mol. The molecule has 80 valence electrons. The van der Waals surface area contributed by atoms with E-state index in [0.29, 0.717) is 5.69 Å². The molecule has 0 saturated heterocycles. The molecule has 1 aromatic heterocycles. The molecule has 1 atom stereocenters. The number of likely N-dealkylation sites (N-methyl/N-ethyl adjacent to an activating group) is 1. The van der Waals surface area contributed by atoms with E-state index >= 15 is 0 Å². The van der Waals surface area contributed by atoms with Crippen LogP contribution in [0.2, 0.25) is 0 Å². The summed E-state index contributed by atoms with van der Waals surface area (Å²) in [5, 5.41) is 13.5. The van der Waals surface area contributed by atoms with E-state index in [0.717, 1.165) is 0 Å². The Kier molecular flexibility index (Phi) is 3.75. The minimum Gasteiger partial charge on any atom is -0.480 e. The Morgan fingerprint density at radius 1 is 1.40 bits per heavy atom. The summed E-state index contributed by atoms with van der Waals surface area (Å²) in [6.45, 7) is 0. The maximum absolute atomic E-state index is 11.4. The van der Waals surface area contributed by atoms with Crippen molar-refractivity contribution in [1.29, 1.82) is 0 Å². The fraction of sp³-hybridized carbons (Fsp3) is 0.222. The number of anilines is 1. The van der Waals surface area contributed by atoms with Gasteiger partial charge in [0, 0.05) is 18.1 Å². The maximum Gasteiger partial charge on any atom is 0.330 e. The zero-order valence-corrected chi connectivity index (χ0v) is 8.10. The smallest absolute Gasteiger partial charge is 0.330 e. The van der Waals surface area contributed by atoms with Gasteiger partial charge in [-0.25, -0.2) is 4.79 Å². The number of carboxylic acids is 1. The Hall–Kier alpha value is -1.95. The molecule has 6 nitrogen and oxygen atoms in total. The lowest BCUT2D eigenvalue weighted by Crippen LogP contribution is -2.44. The standard InChI is InChI=1S/C9H11N3O3/c1-10-7(9(14)15)8(13)12-6-2-4-11-5-3-6/h2-5,7,10H,1H3,(H,14,15)(H,11,12,13). The second-order valence-corrected chi connectivity index (χ2v) is 2.79. The number of hydrogen-bond donors (Lipinski definition) is 3. The SMILES string of the molecule is CNC(C(=O)O)C(=O)Nc1ccncc1. The molecule has 0 aliphatic heterocycles. The van der Waals surface area contributed by atoms with Crippen molar-refractivity contribution in [2.75, 3.05) is 12.4 Å². The van der Waals surface area contributed by atoms with Crippen molar-refractivity contribution < 1.29 is 14.7 Å². The van der Waals surface area contributed by atoms with Crippen molar-refractivity contribution in [3.8, 4) is 0 Å². The van der Waals surface area contributed by atoms with Crippen LogP contribution in [0.15, 0.2) is 24.5 Å². The highest BCUT2D eigenvalue weighted by Crippen LogP contribution is 2.03. The average molecular weight is 209 g/mol. The molecule has 0 aliphatic carbocycles. The van der Waals surface area contributed by atoms with Gasteiger partial charge < -0.3 is 10.4 Å². The van der Waals surface area contributed by atoms with Crippen LogP contribution in [-0.4, -0.2) is 35.1 Å². The van der Waals surface area contributed by atoms with Crippen LogP contribution < -0.4 is 10.6 Å². The third-order valence-electron chi connectivity index (χ3n) is 1.75. The van der Waals surface area contributed by atoms with Gasteiger partial charge in [0.25, 0.3) is 5.91 Å². The quantitative estimate of drug-likeness (QED) is 0.592. The van der Waals surface area contributed by atoms with Crippen molar-refractivity contribution in [1.82, 2.24) is 10.3 Å². The molecule has 0 bridgehead atoms. The molecule has 0 spiro atoms. The second-order valence-electron chi connectivity index (χ2n) is 2.79. The summed E-state index contributed by atoms with van der Waals surface area (Å²) in [6, 6.07) is 1.90. The summed E-state index contributed by atoms with van der Waals surface area (Å²) < 4.78 is 0. The van der Waals surface area contributed by atoms with E-state index in [-0.39, 0.29) is 0 Å². The van der Waals surface area contributed by atoms with Crippen LogP contribution >= 0.6 is 0 Å². The van der Waals surface area contributed by atoms with Crippen LogP contribution in [0.3, 0.4) is 0 Å². The van der Waals surface area contributed by atoms with Gasteiger partial charge in [0.05, 0.1) is 0 Å². The number of nitrogens with zero attached hydrogens (tertiary/aromatic N) is 1. The van der Waals surface area contributed by atoms with E-state index < -0.39 is 17.9 Å². The number of carboxylic acid groups (broad SMARTS) is 1. The van der Waals surface area contributed by atoms with Gasteiger partial charge in [0.1, 0.15) is 0 Å². The molecular formula is C9H11N3O3. The van der Waals surface area contributed by atoms with Gasteiger partial charge in [-0.3, -0.25) is 15.1 Å². The normalized spacial score (nSPS) is 11.8. The number of hydrogen-bond acceptors (Lipinski definition) is 4. The highest BCUT2D eigenvalue weighted by Gasteiger charge is 2.23. The van der Waals surface area contributed by atoms with Gasteiger partial charge in [-0.2, -0.15) is 0 Å². The number of amides is 1. The molecule has 0 radical (unpaired) electrons. The van der Waals surface area contributed by atoms with E-state index in [9.17, 15) is 9.59 Å². The Labute approximate surface area is 86.3 Å². The van der Waals surface area contributed by atoms with Gasteiger partial charge in [-0.1, -0.05) is 0 Å². The van der Waals surface area contributed by atoms with Crippen LogP contribution in [-0.2, 0) is 9.59 Å². The van der Waals surface area contributed by atoms with E-state index in [1.54, 1.807) is 12.1 Å². The molecule has 1 amide bonds. The molecule has 3 N–H and O–H groups in total. The summed E-state index contributed by atoms with van der Waals surface area (Å²) >= 11 is 0. The molecular weight excluding hydrogens is 198 g/mol. The van der Waals surface area contributed by atoms with Crippen molar-refractivity contribution in [2.24, 2.45) is 0 Å². The van der Waals surface area contributed by atoms with Gasteiger partial charge in [0.15, 0.2) is 6.04 Å². The predicted octanol–water partition coefficient (Wildman–Crippen LogP) is -0.307. The molecule has 6 heteroatoms. The number of rotatable bonds is 4. The van der Waals surface area contributed by atoms with E-state index in [2.05, 4.69) is 15.6 Å². The molecule has 1 heterocycles. The minimum atomic E-state index is -1.25. The first-order valence-corrected chi connectivity index (χ1v) is 4.26. The largest absolute Gasteiger partial charge is 0.480 e. The highest BCUT2D eigenvalue weighted by molar-refractivity contribution is 6.07. The summed E-state index contributed by atoms with van der Waals surface area (Å²) in [5.41, 5.74) is 0.511. The summed E-state index contributed by atoms with van der Waals surface area (Å²) in [7, 11) is 1.41. The van der Waals surface area contributed by atoms with Crippen LogP contribution in [0.1, 0.15) is 0 Å². The minimum absolute atomic E-state index is 0.511. The van der Waals surface area contributed by atoms with Crippen molar-refractivity contribution in [2.45, 2.75) is 6.04 Å². The summed E-state index contributed by atoms with van der Waals surface area (Å²) in [6.07, 6.45) is 3.01. The number of carbonyl (C=O) groups excluding carboxylic acids is 1. The van der Waals surface area contributed by atoms with Crippen molar-refractivity contribution in [3.63, 3.8) is 0 Å². The molecule has 1 rings (SSSR count). The maximum atomic E-state index is 11.4. The van der Waals surface area contributed by atoms with Gasteiger partial charge >= 0.3 is 5.97 Å². The van der Waals surface area contributed by atoms with Crippen molar-refractivity contribution >= 4 is 17.6 Å². The van der Waals surface area contributed by atoms with E-state index in [4.69, 9.17) is 5.11 Å². The fourth-order valence-corrected chi connectivity index (χ4v) is 1.02. The number of nitrogens with one attached hydrogen (secondary N) is 2. The Morgan fingerprint density at radius 3 is 2.47 bits per heavy atom. The van der Waals surface area contributed by atoms with E-state index in [1.807, 2.05) is 0 Å². The third kappa shape index (κ3) is 3.03. The molecule has 0 saturated carbocycles. The number of pyridine rings is 1. The van der Waals surface area contributed by atoms with Gasteiger partial charge in [0.2, 0.25) is 0 Å². The first-order valence-electron chi connectivity index (χ1n) is 4.26. The van der Waals surface area contributed by atoms with Crippen molar-refractivity contribution in [3.05, 3.63) is 24.5 Å². The Bertz CT molecular complexity index is 353. The van der Waals surface area contributed by atoms with Crippen LogP contribution in [0.4, 0.5) is 5.69 Å². The first kappa shape index (κ1) is 11.1. The summed E-state index contributed by atoms with van der Waals surface area (Å²) in [4.78, 5) is 25.8. The van der Waals surface area contributed by atoms with Crippen LogP contribution in [0.5, 0.6) is 0 Å². The molecule has 0 aromatic carbocycles. The Morgan fingerprint density at radius 2 is 2.00 bits per heavy atom. The van der Waals surface area contributed by atoms with Gasteiger partial charge in [-0.15, -0.1) is 0 Å².